The van der Waals surface area contributed by atoms with Gasteiger partial charge in [0.15, 0.2) is 17.5 Å². The monoisotopic (exact) mass is 779 g/mol. The van der Waals surface area contributed by atoms with E-state index in [1.165, 1.54) is 82.8 Å². The third kappa shape index (κ3) is 5.41. The molecule has 0 radical (unpaired) electrons. The average molecular weight is 780 g/mol. The van der Waals surface area contributed by atoms with Gasteiger partial charge in [0.2, 0.25) is 0 Å². The Labute approximate surface area is 339 Å². The van der Waals surface area contributed by atoms with Crippen LogP contribution < -0.4 is 0 Å². The highest BCUT2D eigenvalue weighted by Gasteiger charge is 2.19. The molecule has 0 aliphatic rings. The summed E-state index contributed by atoms with van der Waals surface area (Å²) in [4.78, 5) is 14.9. The molecule has 57 heavy (non-hydrogen) atoms. The molecule has 0 saturated carbocycles. The van der Waals surface area contributed by atoms with Crippen LogP contribution in [0.2, 0.25) is 0 Å². The van der Waals surface area contributed by atoms with Gasteiger partial charge in [-0.25, -0.2) is 15.0 Å². The summed E-state index contributed by atoms with van der Waals surface area (Å²) in [6.45, 7) is 0. The maximum Gasteiger partial charge on any atom is 0.164 e. The third-order valence-electron chi connectivity index (χ3n) is 10.9. The van der Waals surface area contributed by atoms with Crippen molar-refractivity contribution in [1.82, 2.24) is 15.0 Å². The van der Waals surface area contributed by atoms with Gasteiger partial charge in [-0.15, -0.1) is 34.0 Å². The normalized spacial score (nSPS) is 11.9. The number of hydrogen-bond acceptors (Lipinski definition) is 6. The maximum atomic E-state index is 5.01. The first-order chi connectivity index (χ1) is 28.2. The molecule has 8 aromatic carbocycles. The van der Waals surface area contributed by atoms with E-state index in [0.717, 1.165) is 16.7 Å². The number of rotatable bonds is 5. The largest absolute Gasteiger partial charge is 0.208 e. The maximum absolute atomic E-state index is 5.01. The summed E-state index contributed by atoms with van der Waals surface area (Å²) in [6.07, 6.45) is 0. The van der Waals surface area contributed by atoms with Crippen molar-refractivity contribution in [3.8, 4) is 56.4 Å². The fourth-order valence-electron chi connectivity index (χ4n) is 8.27. The van der Waals surface area contributed by atoms with Crippen LogP contribution in [-0.4, -0.2) is 15.0 Å². The Hall–Kier alpha value is -6.57. The van der Waals surface area contributed by atoms with Crippen molar-refractivity contribution in [2.24, 2.45) is 0 Å². The minimum Gasteiger partial charge on any atom is -0.208 e. The molecule has 0 fully saturated rings. The summed E-state index contributed by atoms with van der Waals surface area (Å²) in [5.41, 5.74) is 7.93. The van der Waals surface area contributed by atoms with Crippen molar-refractivity contribution in [2.75, 3.05) is 0 Å². The number of hydrogen-bond donors (Lipinski definition) is 0. The first-order valence-electron chi connectivity index (χ1n) is 18.9. The molecule has 3 nitrogen and oxygen atoms in total. The lowest BCUT2D eigenvalue weighted by molar-refractivity contribution is 1.07. The van der Waals surface area contributed by atoms with Crippen LogP contribution in [0.3, 0.4) is 0 Å². The van der Waals surface area contributed by atoms with Gasteiger partial charge < -0.3 is 0 Å². The lowest BCUT2D eigenvalue weighted by atomic mass is 9.92. The topological polar surface area (TPSA) is 38.7 Å². The van der Waals surface area contributed by atoms with E-state index >= 15 is 0 Å². The number of thiophene rings is 3. The Kier molecular flexibility index (Phi) is 7.45. The zero-order valence-corrected chi connectivity index (χ0v) is 32.8. The first-order valence-corrected chi connectivity index (χ1v) is 21.4. The molecule has 0 N–H and O–H groups in total. The van der Waals surface area contributed by atoms with Crippen LogP contribution in [0.1, 0.15) is 0 Å². The summed E-state index contributed by atoms with van der Waals surface area (Å²) in [6, 6.07) is 63.2. The van der Waals surface area contributed by atoms with E-state index in [4.69, 9.17) is 15.0 Å². The minimum atomic E-state index is 0.665. The van der Waals surface area contributed by atoms with Crippen molar-refractivity contribution in [2.45, 2.75) is 0 Å². The van der Waals surface area contributed by atoms with E-state index in [1.54, 1.807) is 0 Å². The lowest BCUT2D eigenvalue weighted by Crippen LogP contribution is -1.99. The van der Waals surface area contributed by atoms with E-state index < -0.39 is 0 Å². The molecule has 0 unspecified atom stereocenters. The van der Waals surface area contributed by atoms with Gasteiger partial charge in [0.05, 0.1) is 0 Å². The van der Waals surface area contributed by atoms with Crippen molar-refractivity contribution in [3.63, 3.8) is 0 Å². The standard InChI is InChI=1S/C51H29N3S3/c1-3-12-30(13-4-1)49-52-50(31-14-5-2-6-15-31)54-51(53-49)33-23-25-37-36-24-22-32(27-44(36)57-45(37)28-33)40-26-34(29-46-48(40)39-17-8-10-20-42(39)56-46)35-18-11-21-43-47(35)38-16-7-9-19-41(38)55-43/h1-29H. The molecule has 0 atom stereocenters. The molecule has 0 amide bonds. The van der Waals surface area contributed by atoms with Gasteiger partial charge >= 0.3 is 0 Å². The SMILES string of the molecule is c1ccc(-c2nc(-c3ccccc3)nc(-c3ccc4c(c3)sc3cc(-c5cc(-c6cccc7sc8ccccc8c67)cc6sc7ccccc7c56)ccc34)n2)cc1. The minimum absolute atomic E-state index is 0.665. The van der Waals surface area contributed by atoms with Gasteiger partial charge in [-0.2, -0.15) is 0 Å². The Balaban J connectivity index is 1.02. The van der Waals surface area contributed by atoms with E-state index in [9.17, 15) is 0 Å². The number of fused-ring (bicyclic) bond motifs is 9. The van der Waals surface area contributed by atoms with Crippen LogP contribution in [-0.2, 0) is 0 Å². The summed E-state index contributed by atoms with van der Waals surface area (Å²) in [5, 5.41) is 7.78. The van der Waals surface area contributed by atoms with Crippen LogP contribution in [0.15, 0.2) is 176 Å². The summed E-state index contributed by atoms with van der Waals surface area (Å²) in [5.74, 6) is 2.00. The molecule has 0 aliphatic carbocycles. The van der Waals surface area contributed by atoms with Crippen LogP contribution in [0.25, 0.3) is 117 Å². The third-order valence-corrected chi connectivity index (χ3v) is 14.3. The van der Waals surface area contributed by atoms with Crippen LogP contribution in [0.5, 0.6) is 0 Å². The van der Waals surface area contributed by atoms with E-state index in [0.29, 0.717) is 17.5 Å². The van der Waals surface area contributed by atoms with Gasteiger partial charge in [-0.3, -0.25) is 0 Å². The molecule has 12 aromatic rings. The van der Waals surface area contributed by atoms with Gasteiger partial charge in [0.25, 0.3) is 0 Å². The summed E-state index contributed by atoms with van der Waals surface area (Å²) in [7, 11) is 0. The zero-order chi connectivity index (χ0) is 37.5. The molecule has 4 heterocycles. The Morgan fingerprint density at radius 2 is 0.737 bits per heavy atom. The quantitative estimate of drug-likeness (QED) is 0.175. The zero-order valence-electron chi connectivity index (χ0n) is 30.3. The molecule has 0 aliphatic heterocycles. The fraction of sp³-hybridized carbons (Fsp3) is 0. The van der Waals surface area contributed by atoms with Gasteiger partial charge in [0, 0.05) is 77.2 Å². The average Bonchev–Trinajstić information content (AvgIpc) is 3.97. The van der Waals surface area contributed by atoms with Crippen molar-refractivity contribution < 1.29 is 0 Å². The van der Waals surface area contributed by atoms with Gasteiger partial charge in [-0.05, 0) is 64.7 Å². The molecule has 4 aromatic heterocycles. The van der Waals surface area contributed by atoms with Crippen molar-refractivity contribution >= 4 is 94.5 Å². The predicted octanol–water partition coefficient (Wildman–Crippen LogP) is 15.3. The molecule has 266 valence electrons. The molecule has 0 bridgehead atoms. The number of benzene rings is 8. The highest BCUT2D eigenvalue weighted by Crippen LogP contribution is 2.47. The Bertz CT molecular complexity index is 3470. The van der Waals surface area contributed by atoms with Gasteiger partial charge in [0.1, 0.15) is 0 Å². The lowest BCUT2D eigenvalue weighted by Gasteiger charge is -2.11. The van der Waals surface area contributed by atoms with E-state index in [-0.39, 0.29) is 0 Å². The van der Waals surface area contributed by atoms with Crippen molar-refractivity contribution in [3.05, 3.63) is 176 Å². The second kappa shape index (κ2) is 13.0. The highest BCUT2D eigenvalue weighted by atomic mass is 32.1. The van der Waals surface area contributed by atoms with E-state index in [1.807, 2.05) is 94.7 Å². The molecule has 0 saturated heterocycles. The van der Waals surface area contributed by atoms with Crippen LogP contribution >= 0.6 is 34.0 Å². The number of nitrogens with zero attached hydrogens (tertiary/aromatic N) is 3. The van der Waals surface area contributed by atoms with Crippen molar-refractivity contribution in [1.29, 1.82) is 0 Å². The number of aromatic nitrogens is 3. The molecule has 12 rings (SSSR count). The fourth-order valence-corrected chi connectivity index (χ4v) is 11.8. The molecule has 6 heteroatoms. The predicted molar refractivity (Wildman–Crippen MR) is 246 cm³/mol. The second-order valence-electron chi connectivity index (χ2n) is 14.3. The smallest absolute Gasteiger partial charge is 0.164 e. The highest BCUT2D eigenvalue weighted by molar-refractivity contribution is 7.26. The Morgan fingerprint density at radius 3 is 1.39 bits per heavy atom. The molecular weight excluding hydrogens is 751 g/mol. The van der Waals surface area contributed by atoms with Crippen LogP contribution in [0, 0.1) is 0 Å². The first kappa shape index (κ1) is 32.7. The molecule has 0 spiro atoms. The van der Waals surface area contributed by atoms with E-state index in [2.05, 4.69) is 115 Å². The molecular formula is C51H29N3S3. The van der Waals surface area contributed by atoms with Crippen LogP contribution in [0.4, 0.5) is 0 Å². The summed E-state index contributed by atoms with van der Waals surface area (Å²) >= 11 is 5.59. The second-order valence-corrected chi connectivity index (χ2v) is 17.6. The Morgan fingerprint density at radius 1 is 0.263 bits per heavy atom. The summed E-state index contributed by atoms with van der Waals surface area (Å²) < 4.78 is 7.73. The van der Waals surface area contributed by atoms with Gasteiger partial charge in [-0.1, -0.05) is 133 Å².